The molecule has 5 heteroatoms. The molecule has 1 aliphatic rings. The Hall–Kier alpha value is -0.940. The average molecular weight is 254 g/mol. The van der Waals surface area contributed by atoms with Gasteiger partial charge in [0.2, 0.25) is 0 Å². The third-order valence-electron chi connectivity index (χ3n) is 3.09. The van der Waals surface area contributed by atoms with Crippen molar-refractivity contribution in [2.45, 2.75) is 31.4 Å². The summed E-state index contributed by atoms with van der Waals surface area (Å²) in [6.07, 6.45) is 5.50. The summed E-state index contributed by atoms with van der Waals surface area (Å²) in [5.41, 5.74) is 2.06. The number of nitrogens with one attached hydrogen (secondary N) is 1. The lowest BCUT2D eigenvalue weighted by molar-refractivity contribution is 0.0924. The highest BCUT2D eigenvalue weighted by Gasteiger charge is 2.15. The first-order valence-electron chi connectivity index (χ1n) is 5.97. The fourth-order valence-corrected chi connectivity index (χ4v) is 3.29. The Balaban J connectivity index is 1.74. The van der Waals surface area contributed by atoms with Gasteiger partial charge in [-0.05, 0) is 36.6 Å². The van der Waals surface area contributed by atoms with Crippen LogP contribution in [-0.4, -0.2) is 11.7 Å². The molecule has 0 bridgehead atoms. The lowest BCUT2D eigenvalue weighted by atomic mass is 10.1. The summed E-state index contributed by atoms with van der Waals surface area (Å²) in [5.74, 6) is 8.67. The molecule has 0 aromatic carbocycles. The van der Waals surface area contributed by atoms with E-state index in [1.165, 1.54) is 31.4 Å². The van der Waals surface area contributed by atoms with Crippen molar-refractivity contribution in [1.82, 2.24) is 5.43 Å². The van der Waals surface area contributed by atoms with Crippen molar-refractivity contribution >= 4 is 17.7 Å². The predicted molar refractivity (Wildman–Crippen MR) is 68.5 cm³/mol. The highest BCUT2D eigenvalue weighted by molar-refractivity contribution is 7.98. The second-order valence-electron chi connectivity index (χ2n) is 4.41. The van der Waals surface area contributed by atoms with E-state index in [-0.39, 0.29) is 11.7 Å². The van der Waals surface area contributed by atoms with Gasteiger partial charge in [-0.25, -0.2) is 5.84 Å². The summed E-state index contributed by atoms with van der Waals surface area (Å²) < 4.78 is 5.39. The van der Waals surface area contributed by atoms with Crippen LogP contribution in [-0.2, 0) is 5.75 Å². The molecule has 1 aliphatic carbocycles. The maximum atomic E-state index is 11.2. The van der Waals surface area contributed by atoms with Crippen molar-refractivity contribution in [3.05, 3.63) is 23.7 Å². The lowest BCUT2D eigenvalue weighted by Gasteiger charge is -2.06. The van der Waals surface area contributed by atoms with Crippen LogP contribution in [0.1, 0.15) is 42.0 Å². The van der Waals surface area contributed by atoms with Crippen molar-refractivity contribution in [3.63, 3.8) is 0 Å². The van der Waals surface area contributed by atoms with Gasteiger partial charge in [-0.15, -0.1) is 0 Å². The van der Waals surface area contributed by atoms with E-state index in [0.29, 0.717) is 0 Å². The number of amides is 1. The molecule has 1 aromatic heterocycles. The van der Waals surface area contributed by atoms with Crippen molar-refractivity contribution in [2.24, 2.45) is 11.8 Å². The van der Waals surface area contributed by atoms with Crippen molar-refractivity contribution in [3.8, 4) is 0 Å². The summed E-state index contributed by atoms with van der Waals surface area (Å²) in [6.45, 7) is 0. The molecule has 0 spiro atoms. The minimum Gasteiger partial charge on any atom is -0.455 e. The molecular weight excluding hydrogens is 236 g/mol. The van der Waals surface area contributed by atoms with Crippen LogP contribution < -0.4 is 11.3 Å². The first-order valence-corrected chi connectivity index (χ1v) is 7.12. The van der Waals surface area contributed by atoms with Crippen LogP contribution in [0.4, 0.5) is 0 Å². The summed E-state index contributed by atoms with van der Waals surface area (Å²) in [6, 6.07) is 3.50. The van der Waals surface area contributed by atoms with Gasteiger partial charge in [-0.2, -0.15) is 11.8 Å². The van der Waals surface area contributed by atoms with E-state index in [1.54, 1.807) is 6.07 Å². The Kier molecular flexibility index (Phi) is 4.50. The van der Waals surface area contributed by atoms with Crippen LogP contribution in [0.5, 0.6) is 0 Å². The monoisotopic (exact) mass is 254 g/mol. The molecule has 0 unspecified atom stereocenters. The molecule has 0 saturated heterocycles. The Morgan fingerprint density at radius 3 is 2.94 bits per heavy atom. The Morgan fingerprint density at radius 1 is 1.47 bits per heavy atom. The highest BCUT2D eigenvalue weighted by atomic mass is 32.2. The Labute approximate surface area is 105 Å². The maximum absolute atomic E-state index is 11.2. The van der Waals surface area contributed by atoms with Gasteiger partial charge in [-0.1, -0.05) is 12.8 Å². The average Bonchev–Trinajstić information content (AvgIpc) is 2.99. The molecule has 2 rings (SSSR count). The molecule has 1 aromatic rings. The normalized spacial score (nSPS) is 16.3. The third-order valence-corrected chi connectivity index (χ3v) is 4.28. The smallest absolute Gasteiger partial charge is 0.300 e. The summed E-state index contributed by atoms with van der Waals surface area (Å²) in [7, 11) is 0. The molecule has 0 aliphatic heterocycles. The molecule has 94 valence electrons. The number of nitrogen functional groups attached to an aromatic ring is 1. The minimum atomic E-state index is -0.378. The van der Waals surface area contributed by atoms with Crippen molar-refractivity contribution in [1.29, 1.82) is 0 Å². The highest BCUT2D eigenvalue weighted by Crippen LogP contribution is 2.29. The molecular formula is C12H18N2O2S. The summed E-state index contributed by atoms with van der Waals surface area (Å²) >= 11 is 1.88. The maximum Gasteiger partial charge on any atom is 0.300 e. The van der Waals surface area contributed by atoms with Gasteiger partial charge in [-0.3, -0.25) is 10.2 Å². The van der Waals surface area contributed by atoms with E-state index < -0.39 is 0 Å². The molecule has 3 N–H and O–H groups in total. The summed E-state index contributed by atoms with van der Waals surface area (Å²) in [5, 5.41) is 0. The van der Waals surface area contributed by atoms with Gasteiger partial charge >= 0.3 is 5.91 Å². The largest absolute Gasteiger partial charge is 0.455 e. The van der Waals surface area contributed by atoms with E-state index in [4.69, 9.17) is 10.3 Å². The van der Waals surface area contributed by atoms with Crippen molar-refractivity contribution in [2.75, 3.05) is 5.75 Å². The van der Waals surface area contributed by atoms with Crippen LogP contribution in [0.3, 0.4) is 0 Å². The van der Waals surface area contributed by atoms with Crippen LogP contribution in [0, 0.1) is 5.92 Å². The molecule has 1 fully saturated rings. The molecule has 4 nitrogen and oxygen atoms in total. The van der Waals surface area contributed by atoms with Gasteiger partial charge in [0.25, 0.3) is 0 Å². The number of thioether (sulfide) groups is 1. The molecule has 1 saturated carbocycles. The quantitative estimate of drug-likeness (QED) is 0.480. The SMILES string of the molecule is NNC(=O)c1ccc(CSCC2CCCC2)o1. The number of rotatable bonds is 5. The minimum absolute atomic E-state index is 0.281. The van der Waals surface area contributed by atoms with E-state index in [2.05, 4.69) is 5.43 Å². The first-order chi connectivity index (χ1) is 8.29. The van der Waals surface area contributed by atoms with Crippen molar-refractivity contribution < 1.29 is 9.21 Å². The van der Waals surface area contributed by atoms with Crippen LogP contribution in [0.2, 0.25) is 0 Å². The van der Waals surface area contributed by atoms with Gasteiger partial charge in [0.05, 0.1) is 5.75 Å². The molecule has 0 radical (unpaired) electrons. The Bertz CT molecular complexity index is 372. The lowest BCUT2D eigenvalue weighted by Crippen LogP contribution is -2.29. The van der Waals surface area contributed by atoms with Gasteiger partial charge in [0, 0.05) is 0 Å². The molecule has 1 heterocycles. The van der Waals surface area contributed by atoms with Crippen LogP contribution in [0.25, 0.3) is 0 Å². The van der Waals surface area contributed by atoms with Crippen LogP contribution in [0.15, 0.2) is 16.5 Å². The van der Waals surface area contributed by atoms with Gasteiger partial charge < -0.3 is 4.42 Å². The van der Waals surface area contributed by atoms with E-state index in [0.717, 1.165) is 17.4 Å². The number of hydrogen-bond donors (Lipinski definition) is 2. The number of carbonyl (C=O) groups is 1. The van der Waals surface area contributed by atoms with E-state index in [9.17, 15) is 4.79 Å². The number of carbonyl (C=O) groups excluding carboxylic acids is 1. The zero-order chi connectivity index (χ0) is 12.1. The summed E-state index contributed by atoms with van der Waals surface area (Å²) in [4.78, 5) is 11.2. The van der Waals surface area contributed by atoms with Gasteiger partial charge in [0.1, 0.15) is 5.76 Å². The zero-order valence-electron chi connectivity index (χ0n) is 9.78. The molecule has 17 heavy (non-hydrogen) atoms. The number of nitrogens with two attached hydrogens (primary N) is 1. The zero-order valence-corrected chi connectivity index (χ0v) is 10.6. The van der Waals surface area contributed by atoms with Crippen LogP contribution >= 0.6 is 11.8 Å². The molecule has 0 atom stereocenters. The standard InChI is InChI=1S/C12H18N2O2S/c13-14-12(15)11-6-5-10(16-11)8-17-7-9-3-1-2-4-9/h5-6,9H,1-4,7-8,13H2,(H,14,15). The number of hydrogen-bond acceptors (Lipinski definition) is 4. The first kappa shape index (κ1) is 12.5. The Morgan fingerprint density at radius 2 is 2.24 bits per heavy atom. The fourth-order valence-electron chi connectivity index (χ4n) is 2.15. The molecule has 1 amide bonds. The van der Waals surface area contributed by atoms with E-state index >= 15 is 0 Å². The topological polar surface area (TPSA) is 68.3 Å². The second kappa shape index (κ2) is 6.12. The number of furan rings is 1. The second-order valence-corrected chi connectivity index (χ2v) is 5.44. The fraction of sp³-hybridized carbons (Fsp3) is 0.583. The van der Waals surface area contributed by atoms with Gasteiger partial charge in [0.15, 0.2) is 5.76 Å². The number of hydrazine groups is 1. The predicted octanol–water partition coefficient (Wildman–Crippen LogP) is 2.31. The third kappa shape index (κ3) is 3.51. The van der Waals surface area contributed by atoms with E-state index in [1.807, 2.05) is 17.8 Å².